The van der Waals surface area contributed by atoms with Crippen LogP contribution in [0.4, 0.5) is 69.7 Å². The summed E-state index contributed by atoms with van der Waals surface area (Å²) in [6, 6.07) is 21.5. The Bertz CT molecular complexity index is 4690. The third-order valence-electron chi connectivity index (χ3n) is 17.3. The number of aromatic nitrogens is 9. The van der Waals surface area contributed by atoms with E-state index in [9.17, 15) is 67.1 Å². The summed E-state index contributed by atoms with van der Waals surface area (Å²) in [6.45, 7) is 7.30. The Morgan fingerprint density at radius 1 is 0.477 bits per heavy atom. The number of amides is 3. The minimum Gasteiger partial charge on any atom is -0.495 e. The predicted octanol–water partition coefficient (Wildman–Crippen LogP) is 16.2. The number of halogens is 19. The molecule has 0 radical (unpaired) electrons. The predicted molar refractivity (Wildman–Crippen MR) is 388 cm³/mol. The SMILES string of the molecule is COc1cc(N2CCN(C(=O)CCl)[C@@H](C)C2)c(F)cc1Cl.COc1cc(N2CCN(C(=O)Cn3nc(-c4ccccn4)c(Cl)c3C(F)(F)F)[C@@H](C)C2)c(F)cc1Cl.COc1cc(N2CCN(C(=O)Cn3nc(C(F)(F)F)c(Cl)c3-c3ccccn3)[C@@H](C)C2)c(F)cc1Cl.FC(F)(F)c1[nH]nc(-c2ccccn2)c1Cl. The van der Waals surface area contributed by atoms with Crippen LogP contribution in [0.1, 0.15) is 37.9 Å². The fourth-order valence-electron chi connectivity index (χ4n) is 12.1. The zero-order valence-corrected chi connectivity index (χ0v) is 63.3. The van der Waals surface area contributed by atoms with Crippen molar-refractivity contribution in [3.05, 3.63) is 174 Å². The number of nitrogens with zero attached hydrogens (tertiary/aromatic N) is 14. The van der Waals surface area contributed by atoms with Crippen molar-refractivity contribution in [1.82, 2.24) is 59.4 Å². The summed E-state index contributed by atoms with van der Waals surface area (Å²) < 4.78 is 179. The van der Waals surface area contributed by atoms with Crippen molar-refractivity contribution in [2.45, 2.75) is 70.5 Å². The Morgan fingerprint density at radius 2 is 0.862 bits per heavy atom. The fraction of sp³-hybridized carbons (Fsp3) is 0.348. The van der Waals surface area contributed by atoms with Gasteiger partial charge in [-0.1, -0.05) is 87.8 Å². The Labute approximate surface area is 650 Å². The average Bonchev–Trinajstić information content (AvgIpc) is 1.69. The number of pyridine rings is 3. The van der Waals surface area contributed by atoms with Gasteiger partial charge in [-0.05, 0) is 75.4 Å². The number of piperazine rings is 3. The van der Waals surface area contributed by atoms with E-state index in [1.165, 1.54) is 86.1 Å². The van der Waals surface area contributed by atoms with Crippen LogP contribution in [0, 0.1) is 17.5 Å². The highest BCUT2D eigenvalue weighted by molar-refractivity contribution is 6.35. The molecule has 3 aromatic carbocycles. The van der Waals surface area contributed by atoms with Crippen LogP contribution in [0.5, 0.6) is 17.2 Å². The monoisotopic (exact) mass is 1670 g/mol. The van der Waals surface area contributed by atoms with Crippen LogP contribution in [0.25, 0.3) is 34.2 Å². The molecule has 0 saturated carbocycles. The van der Waals surface area contributed by atoms with Crippen LogP contribution in [0.2, 0.25) is 30.1 Å². The summed E-state index contributed by atoms with van der Waals surface area (Å²) >= 11 is 41.1. The molecule has 21 nitrogen and oxygen atoms in total. The normalized spacial score (nSPS) is 16.2. The van der Waals surface area contributed by atoms with Crippen molar-refractivity contribution >= 4 is 116 Å². The molecule has 3 aliphatic rings. The standard InChI is InChI=1S/2C23H21Cl2F4N5O2.C14H17Cl2FN2O2.C9H5ClF3N3/c1-13-11-32(17-10-18(36-2)14(24)9-15(17)26)7-8-33(13)19(35)12-34-21(16-5-3-4-6-30-16)20(25)22(31-34)23(27,28)29;1-13-11-32(17-10-18(36-2)14(24)9-15(17)26)7-8-33(13)19(35)12-34-22(23(27,28)29)20(25)21(31-34)16-5-3-4-6-30-16;1-9-8-18(3-4-19(9)14(20)7-15)12-6-13(21-2)10(16)5-11(12)17;10-6-7(5-3-1-2-4-14-5)15-16-8(6)9(11,12)13/h2*3-6,9-10,13H,7-8,11-12H2,1-2H3;5-6,9H,3-4,7-8H2,1-2H3;1-4H,(H,15,16)/t2*13-;9-;/m000./s1. The third-order valence-corrected chi connectivity index (χ3v) is 19.5. The lowest BCUT2D eigenvalue weighted by atomic mass is 10.1. The summed E-state index contributed by atoms with van der Waals surface area (Å²) in [4.78, 5) is 60.0. The fourth-order valence-corrected chi connectivity index (χ4v) is 13.9. The van der Waals surface area contributed by atoms with E-state index in [0.717, 1.165) is 16.8 Å². The number of alkyl halides is 10. The topological polar surface area (TPSA) is 201 Å². The van der Waals surface area contributed by atoms with Crippen molar-refractivity contribution < 1.29 is 81.3 Å². The quantitative estimate of drug-likeness (QED) is 0.0795. The molecule has 3 aliphatic heterocycles. The van der Waals surface area contributed by atoms with Gasteiger partial charge in [0.05, 0.1) is 70.5 Å². The number of anilines is 3. The van der Waals surface area contributed by atoms with Gasteiger partial charge in [-0.25, -0.2) is 17.9 Å². The van der Waals surface area contributed by atoms with Gasteiger partial charge in [0.15, 0.2) is 17.1 Å². The molecule has 584 valence electrons. The van der Waals surface area contributed by atoms with Crippen molar-refractivity contribution in [2.75, 3.05) is 101 Å². The number of aromatic amines is 1. The first-order chi connectivity index (χ1) is 51.5. The number of rotatable bonds is 14. The first kappa shape index (κ1) is 84.2. The lowest BCUT2D eigenvalue weighted by molar-refractivity contribution is -0.146. The van der Waals surface area contributed by atoms with Gasteiger partial charge in [-0.15, -0.1) is 11.6 Å². The van der Waals surface area contributed by atoms with Crippen molar-refractivity contribution in [1.29, 1.82) is 0 Å². The van der Waals surface area contributed by atoms with Crippen LogP contribution in [0.15, 0.2) is 110 Å². The maximum atomic E-state index is 14.6. The number of carbonyl (C=O) groups is 3. The van der Waals surface area contributed by atoms with E-state index in [1.807, 2.05) is 16.9 Å². The molecule has 3 fully saturated rings. The molecule has 3 atom stereocenters. The summed E-state index contributed by atoms with van der Waals surface area (Å²) in [5, 5.41) is 11.7. The number of nitrogens with one attached hydrogen (secondary N) is 1. The second kappa shape index (κ2) is 35.9. The molecule has 9 aromatic rings. The lowest BCUT2D eigenvalue weighted by Gasteiger charge is -2.41. The Morgan fingerprint density at radius 3 is 1.20 bits per heavy atom. The molecule has 9 heterocycles. The van der Waals surface area contributed by atoms with Gasteiger partial charge in [-0.2, -0.15) is 54.8 Å². The smallest absolute Gasteiger partial charge is 0.436 e. The minimum atomic E-state index is -4.84. The number of H-pyrrole nitrogens is 1. The number of methoxy groups -OCH3 is 3. The molecule has 12 rings (SSSR count). The molecule has 0 bridgehead atoms. The minimum absolute atomic E-state index is 0.00501. The van der Waals surface area contributed by atoms with E-state index < -0.39 is 99.1 Å². The van der Waals surface area contributed by atoms with Gasteiger partial charge in [0.2, 0.25) is 17.7 Å². The van der Waals surface area contributed by atoms with Crippen molar-refractivity contribution in [2.24, 2.45) is 0 Å². The Kier molecular flexibility index (Phi) is 27.7. The highest BCUT2D eigenvalue weighted by atomic mass is 35.5. The maximum absolute atomic E-state index is 14.6. The molecule has 0 spiro atoms. The highest BCUT2D eigenvalue weighted by Gasteiger charge is 2.44. The molecule has 3 amide bonds. The summed E-state index contributed by atoms with van der Waals surface area (Å²) in [7, 11) is 4.33. The molecule has 6 aromatic heterocycles. The van der Waals surface area contributed by atoms with Gasteiger partial charge in [-0.3, -0.25) is 39.1 Å². The lowest BCUT2D eigenvalue weighted by Crippen LogP contribution is -2.55. The highest BCUT2D eigenvalue weighted by Crippen LogP contribution is 2.43. The molecule has 109 heavy (non-hydrogen) atoms. The number of carbonyl (C=O) groups excluding carboxylic acids is 3. The van der Waals surface area contributed by atoms with Gasteiger partial charge >= 0.3 is 18.5 Å². The molecule has 0 unspecified atom stereocenters. The number of hydrogen-bond acceptors (Lipinski definition) is 15. The first-order valence-electron chi connectivity index (χ1n) is 32.5. The number of hydrogen-bond donors (Lipinski definition) is 1. The summed E-state index contributed by atoms with van der Waals surface area (Å²) in [5.41, 5.74) is -2.27. The van der Waals surface area contributed by atoms with Crippen LogP contribution in [0.3, 0.4) is 0 Å². The Balaban J connectivity index is 0.000000176. The second-order valence-electron chi connectivity index (χ2n) is 24.3. The molecule has 3 saturated heterocycles. The van der Waals surface area contributed by atoms with Gasteiger partial charge in [0.1, 0.15) is 85.8 Å². The summed E-state index contributed by atoms with van der Waals surface area (Å²) in [5.74, 6) is -1.59. The van der Waals surface area contributed by atoms with Crippen molar-refractivity contribution in [3.63, 3.8) is 0 Å². The van der Waals surface area contributed by atoms with E-state index in [1.54, 1.807) is 71.0 Å². The molecule has 40 heteroatoms. The number of benzene rings is 3. The molecule has 1 N–H and O–H groups in total. The maximum Gasteiger partial charge on any atom is 0.436 e. The largest absolute Gasteiger partial charge is 0.495 e. The molecule has 0 aliphatic carbocycles. The first-order valence-corrected chi connectivity index (χ1v) is 35.3. The van der Waals surface area contributed by atoms with Crippen LogP contribution < -0.4 is 28.9 Å². The van der Waals surface area contributed by atoms with Crippen LogP contribution in [-0.4, -0.2) is 181 Å². The van der Waals surface area contributed by atoms with E-state index in [2.05, 4.69) is 30.2 Å². The Hall–Kier alpha value is -8.86. The van der Waals surface area contributed by atoms with E-state index in [4.69, 9.17) is 95.4 Å². The van der Waals surface area contributed by atoms with E-state index in [-0.39, 0.29) is 112 Å². The zero-order chi connectivity index (χ0) is 79.7. The van der Waals surface area contributed by atoms with Crippen LogP contribution in [-0.2, 0) is 46.0 Å². The van der Waals surface area contributed by atoms with Gasteiger partial charge in [0, 0.05) is 114 Å². The van der Waals surface area contributed by atoms with Crippen LogP contribution >= 0.6 is 81.2 Å². The number of ether oxygens (including phenoxy) is 3. The average molecular weight is 1680 g/mol. The van der Waals surface area contributed by atoms with Crippen molar-refractivity contribution in [3.8, 4) is 51.4 Å². The van der Waals surface area contributed by atoms with Gasteiger partial charge in [0.25, 0.3) is 0 Å². The second-order valence-corrected chi connectivity index (χ2v) is 27.0. The van der Waals surface area contributed by atoms with E-state index >= 15 is 0 Å². The van der Waals surface area contributed by atoms with Gasteiger partial charge < -0.3 is 43.6 Å². The molecular formula is C69H64Cl7F12N15O6. The summed E-state index contributed by atoms with van der Waals surface area (Å²) in [6.07, 6.45) is -9.93. The molecular weight excluding hydrogens is 1610 g/mol. The van der Waals surface area contributed by atoms with E-state index in [0.29, 0.717) is 59.5 Å². The third kappa shape index (κ3) is 19.8. The zero-order valence-electron chi connectivity index (χ0n) is 58.0.